The van der Waals surface area contributed by atoms with Crippen LogP contribution in [-0.4, -0.2) is 41.8 Å². The van der Waals surface area contributed by atoms with Crippen molar-refractivity contribution in [3.63, 3.8) is 0 Å². The van der Waals surface area contributed by atoms with Gasteiger partial charge < -0.3 is 9.47 Å². The average Bonchev–Trinajstić information content (AvgIpc) is 3.01. The average molecular weight is 342 g/mol. The minimum Gasteiger partial charge on any atom is -0.376 e. The van der Waals surface area contributed by atoms with Crippen LogP contribution < -0.4 is 0 Å². The highest BCUT2D eigenvalue weighted by Gasteiger charge is 2.52. The van der Waals surface area contributed by atoms with Crippen LogP contribution in [0, 0.1) is 11.7 Å². The highest BCUT2D eigenvalue weighted by Crippen LogP contribution is 2.40. The standard InChI is InChI=1S/C20H23FN2O2/c21-19-4-2-1-3-17(19)11-23-14-20(15-23)18(7-10-25-20)13-24-12-16-5-8-22-9-6-16/h1-6,8-9,18H,7,10-15H2/t18-/m0/s1. The van der Waals surface area contributed by atoms with Gasteiger partial charge in [0.05, 0.1) is 18.8 Å². The van der Waals surface area contributed by atoms with Gasteiger partial charge in [0.1, 0.15) is 5.82 Å². The summed E-state index contributed by atoms with van der Waals surface area (Å²) >= 11 is 0. The lowest BCUT2D eigenvalue weighted by Gasteiger charge is -2.50. The Bertz CT molecular complexity index is 704. The lowest BCUT2D eigenvalue weighted by Crippen LogP contribution is -2.64. The largest absolute Gasteiger partial charge is 0.376 e. The molecular weight excluding hydrogens is 319 g/mol. The molecule has 1 atom stereocenters. The van der Waals surface area contributed by atoms with Gasteiger partial charge in [-0.25, -0.2) is 4.39 Å². The molecule has 0 radical (unpaired) electrons. The van der Waals surface area contributed by atoms with Gasteiger partial charge in [0.25, 0.3) is 0 Å². The molecule has 132 valence electrons. The first-order valence-electron chi connectivity index (χ1n) is 8.81. The van der Waals surface area contributed by atoms with Crippen molar-refractivity contribution < 1.29 is 13.9 Å². The van der Waals surface area contributed by atoms with Crippen LogP contribution in [0.3, 0.4) is 0 Å². The first kappa shape index (κ1) is 16.6. The third kappa shape index (κ3) is 3.59. The van der Waals surface area contributed by atoms with Crippen LogP contribution in [0.4, 0.5) is 4.39 Å². The topological polar surface area (TPSA) is 34.6 Å². The van der Waals surface area contributed by atoms with Crippen molar-refractivity contribution in [3.8, 4) is 0 Å². The van der Waals surface area contributed by atoms with E-state index in [9.17, 15) is 4.39 Å². The number of pyridine rings is 1. The van der Waals surface area contributed by atoms with E-state index in [1.54, 1.807) is 18.5 Å². The summed E-state index contributed by atoms with van der Waals surface area (Å²) in [5.74, 6) is 0.277. The summed E-state index contributed by atoms with van der Waals surface area (Å²) < 4.78 is 25.8. The van der Waals surface area contributed by atoms with Gasteiger partial charge in [-0.05, 0) is 30.2 Å². The van der Waals surface area contributed by atoms with Crippen molar-refractivity contribution in [2.75, 3.05) is 26.3 Å². The van der Waals surface area contributed by atoms with Crippen LogP contribution in [0.25, 0.3) is 0 Å². The molecule has 0 N–H and O–H groups in total. The molecule has 0 bridgehead atoms. The number of rotatable bonds is 6. The highest BCUT2D eigenvalue weighted by atomic mass is 19.1. The van der Waals surface area contributed by atoms with Crippen LogP contribution in [0.5, 0.6) is 0 Å². The summed E-state index contributed by atoms with van der Waals surface area (Å²) in [4.78, 5) is 6.27. The molecule has 2 aromatic rings. The van der Waals surface area contributed by atoms with E-state index >= 15 is 0 Å². The molecule has 4 rings (SSSR count). The van der Waals surface area contributed by atoms with Gasteiger partial charge >= 0.3 is 0 Å². The fourth-order valence-electron chi connectivity index (χ4n) is 3.86. The molecule has 1 aromatic heterocycles. The smallest absolute Gasteiger partial charge is 0.127 e. The van der Waals surface area contributed by atoms with E-state index in [-0.39, 0.29) is 11.4 Å². The second-order valence-electron chi connectivity index (χ2n) is 7.01. The lowest BCUT2D eigenvalue weighted by molar-refractivity contribution is -0.146. The maximum absolute atomic E-state index is 13.8. The van der Waals surface area contributed by atoms with Gasteiger partial charge in [-0.15, -0.1) is 0 Å². The molecule has 2 aliphatic heterocycles. The van der Waals surface area contributed by atoms with E-state index in [1.807, 2.05) is 24.3 Å². The summed E-state index contributed by atoms with van der Waals surface area (Å²) in [6, 6.07) is 10.9. The van der Waals surface area contributed by atoms with Gasteiger partial charge in [-0.1, -0.05) is 18.2 Å². The minimum atomic E-state index is -0.131. The summed E-state index contributed by atoms with van der Waals surface area (Å²) in [5.41, 5.74) is 1.78. The van der Waals surface area contributed by atoms with Gasteiger partial charge in [0.2, 0.25) is 0 Å². The van der Waals surface area contributed by atoms with E-state index in [1.165, 1.54) is 6.07 Å². The Morgan fingerprint density at radius 1 is 1.20 bits per heavy atom. The van der Waals surface area contributed by atoms with Crippen molar-refractivity contribution in [2.24, 2.45) is 5.92 Å². The van der Waals surface area contributed by atoms with Crippen LogP contribution in [0.1, 0.15) is 17.5 Å². The predicted molar refractivity (Wildman–Crippen MR) is 92.4 cm³/mol. The van der Waals surface area contributed by atoms with Crippen molar-refractivity contribution in [1.29, 1.82) is 0 Å². The zero-order valence-corrected chi connectivity index (χ0v) is 14.2. The molecule has 1 spiro atoms. The van der Waals surface area contributed by atoms with E-state index in [2.05, 4.69) is 9.88 Å². The van der Waals surface area contributed by atoms with E-state index in [0.29, 0.717) is 25.7 Å². The van der Waals surface area contributed by atoms with Gasteiger partial charge in [-0.2, -0.15) is 0 Å². The molecule has 2 fully saturated rings. The van der Waals surface area contributed by atoms with Crippen LogP contribution in [0.15, 0.2) is 48.8 Å². The van der Waals surface area contributed by atoms with Crippen molar-refractivity contribution in [1.82, 2.24) is 9.88 Å². The number of hydrogen-bond donors (Lipinski definition) is 0. The number of likely N-dealkylation sites (tertiary alicyclic amines) is 1. The SMILES string of the molecule is Fc1ccccc1CN1CC2(C1)OCC[C@H]2COCc1ccncc1. The van der Waals surface area contributed by atoms with Crippen molar-refractivity contribution in [2.45, 2.75) is 25.2 Å². The predicted octanol–water partition coefficient (Wildman–Crippen LogP) is 3.03. The number of nitrogens with zero attached hydrogens (tertiary/aromatic N) is 2. The third-order valence-electron chi connectivity index (χ3n) is 5.27. The molecule has 3 heterocycles. The highest BCUT2D eigenvalue weighted by molar-refractivity contribution is 5.18. The summed E-state index contributed by atoms with van der Waals surface area (Å²) in [6.07, 6.45) is 4.60. The van der Waals surface area contributed by atoms with E-state index in [0.717, 1.165) is 37.2 Å². The third-order valence-corrected chi connectivity index (χ3v) is 5.27. The van der Waals surface area contributed by atoms with Crippen LogP contribution in [0.2, 0.25) is 0 Å². The molecule has 0 aliphatic carbocycles. The molecule has 25 heavy (non-hydrogen) atoms. The summed E-state index contributed by atoms with van der Waals surface area (Å²) in [7, 11) is 0. The quantitative estimate of drug-likeness (QED) is 0.808. The normalized spacial score (nSPS) is 22.2. The van der Waals surface area contributed by atoms with Gasteiger partial charge in [0.15, 0.2) is 0 Å². The number of ether oxygens (including phenoxy) is 2. The van der Waals surface area contributed by atoms with Gasteiger partial charge in [-0.3, -0.25) is 9.88 Å². The summed E-state index contributed by atoms with van der Waals surface area (Å²) in [6.45, 7) is 4.44. The lowest BCUT2D eigenvalue weighted by atomic mass is 9.81. The number of aromatic nitrogens is 1. The molecule has 0 saturated carbocycles. The van der Waals surface area contributed by atoms with Crippen LogP contribution >= 0.6 is 0 Å². The Labute approximate surface area is 147 Å². The Balaban J connectivity index is 1.28. The molecule has 2 saturated heterocycles. The first-order valence-corrected chi connectivity index (χ1v) is 8.81. The molecule has 1 aromatic carbocycles. The number of benzene rings is 1. The molecule has 0 amide bonds. The molecule has 4 nitrogen and oxygen atoms in total. The minimum absolute atomic E-state index is 0.108. The van der Waals surface area contributed by atoms with Crippen molar-refractivity contribution in [3.05, 3.63) is 65.7 Å². The second-order valence-corrected chi connectivity index (χ2v) is 7.01. The Morgan fingerprint density at radius 2 is 2.00 bits per heavy atom. The molecule has 0 unspecified atom stereocenters. The number of hydrogen-bond acceptors (Lipinski definition) is 4. The van der Waals surface area contributed by atoms with E-state index in [4.69, 9.17) is 9.47 Å². The Kier molecular flexibility index (Phi) is 4.79. The maximum Gasteiger partial charge on any atom is 0.127 e. The molecule has 5 heteroatoms. The summed E-state index contributed by atoms with van der Waals surface area (Å²) in [5, 5.41) is 0. The fourth-order valence-corrected chi connectivity index (χ4v) is 3.86. The van der Waals surface area contributed by atoms with Crippen molar-refractivity contribution >= 4 is 0 Å². The van der Waals surface area contributed by atoms with Crippen LogP contribution in [-0.2, 0) is 22.6 Å². The molecular formula is C20H23FN2O2. The molecule has 2 aliphatic rings. The zero-order valence-electron chi connectivity index (χ0n) is 14.2. The first-order chi connectivity index (χ1) is 12.3. The number of halogens is 1. The fraction of sp³-hybridized carbons (Fsp3) is 0.450. The Morgan fingerprint density at radius 3 is 2.80 bits per heavy atom. The van der Waals surface area contributed by atoms with Gasteiger partial charge in [0, 0.05) is 50.1 Å². The van der Waals surface area contributed by atoms with E-state index < -0.39 is 0 Å². The zero-order chi connectivity index (χ0) is 17.1. The maximum atomic E-state index is 13.8. The second kappa shape index (κ2) is 7.20. The Hall–Kier alpha value is -1.82. The monoisotopic (exact) mass is 342 g/mol.